The Bertz CT molecular complexity index is 1120. The first-order valence-corrected chi connectivity index (χ1v) is 10.7. The molecule has 2 unspecified atom stereocenters. The van der Waals surface area contributed by atoms with Crippen molar-refractivity contribution < 1.29 is 9.53 Å². The molecule has 4 rings (SSSR count). The van der Waals surface area contributed by atoms with Gasteiger partial charge in [-0.25, -0.2) is 0 Å². The first-order chi connectivity index (χ1) is 15.0. The maximum absolute atomic E-state index is 13.1. The van der Waals surface area contributed by atoms with Crippen LogP contribution in [0, 0.1) is 24.2 Å². The SMILES string of the molecule is Cc1cccc(C(C(=O)OC(C#N)c2cccc(Nc3ccc(Cl)cc3)c2)C2CC2)c1. The number of rotatable bonds is 7. The summed E-state index contributed by atoms with van der Waals surface area (Å²) in [5.74, 6) is -0.381. The van der Waals surface area contributed by atoms with E-state index in [0.717, 1.165) is 35.3 Å². The number of esters is 1. The fourth-order valence-electron chi connectivity index (χ4n) is 3.73. The molecule has 0 amide bonds. The zero-order chi connectivity index (χ0) is 21.8. The molecule has 3 aromatic rings. The Hall–Kier alpha value is -3.29. The molecule has 0 saturated heterocycles. The lowest BCUT2D eigenvalue weighted by Crippen LogP contribution is -2.20. The highest BCUT2D eigenvalue weighted by atomic mass is 35.5. The molecule has 1 fully saturated rings. The van der Waals surface area contributed by atoms with Gasteiger partial charge in [-0.05, 0) is 67.6 Å². The molecule has 2 atom stereocenters. The molecule has 0 bridgehead atoms. The van der Waals surface area contributed by atoms with Crippen molar-refractivity contribution in [2.24, 2.45) is 5.92 Å². The molecule has 4 nitrogen and oxygen atoms in total. The van der Waals surface area contributed by atoms with Crippen LogP contribution in [-0.2, 0) is 9.53 Å². The fraction of sp³-hybridized carbons (Fsp3) is 0.231. The van der Waals surface area contributed by atoms with E-state index in [-0.39, 0.29) is 17.8 Å². The molecule has 1 aliphatic rings. The van der Waals surface area contributed by atoms with Crippen molar-refractivity contribution in [3.63, 3.8) is 0 Å². The maximum atomic E-state index is 13.1. The number of nitrogens with zero attached hydrogens (tertiary/aromatic N) is 1. The van der Waals surface area contributed by atoms with E-state index in [1.807, 2.05) is 61.5 Å². The van der Waals surface area contributed by atoms with Gasteiger partial charge in [0, 0.05) is 22.0 Å². The molecule has 0 aliphatic heterocycles. The molecule has 1 aliphatic carbocycles. The van der Waals surface area contributed by atoms with E-state index < -0.39 is 6.10 Å². The van der Waals surface area contributed by atoms with Crippen molar-refractivity contribution in [1.82, 2.24) is 0 Å². The van der Waals surface area contributed by atoms with Crippen LogP contribution in [0.5, 0.6) is 0 Å². The number of aryl methyl sites for hydroxylation is 1. The van der Waals surface area contributed by atoms with Crippen LogP contribution in [0.1, 0.15) is 41.6 Å². The Morgan fingerprint density at radius 3 is 2.42 bits per heavy atom. The summed E-state index contributed by atoms with van der Waals surface area (Å²) in [5, 5.41) is 13.7. The Labute approximate surface area is 187 Å². The third-order valence-corrected chi connectivity index (χ3v) is 5.67. The Balaban J connectivity index is 1.51. The van der Waals surface area contributed by atoms with Crippen LogP contribution >= 0.6 is 11.6 Å². The molecule has 156 valence electrons. The number of carbonyl (C=O) groups excluding carboxylic acids is 1. The van der Waals surface area contributed by atoms with E-state index in [4.69, 9.17) is 16.3 Å². The normalized spacial score (nSPS) is 14.9. The molecule has 1 N–H and O–H groups in total. The van der Waals surface area contributed by atoms with Crippen LogP contribution in [-0.4, -0.2) is 5.97 Å². The Morgan fingerprint density at radius 2 is 1.74 bits per heavy atom. The van der Waals surface area contributed by atoms with E-state index in [1.54, 1.807) is 18.2 Å². The second-order valence-corrected chi connectivity index (χ2v) is 8.37. The third-order valence-electron chi connectivity index (χ3n) is 5.42. The fourth-order valence-corrected chi connectivity index (χ4v) is 3.86. The van der Waals surface area contributed by atoms with Crippen molar-refractivity contribution in [2.45, 2.75) is 31.8 Å². The van der Waals surface area contributed by atoms with Crippen LogP contribution in [0.2, 0.25) is 5.02 Å². The summed E-state index contributed by atoms with van der Waals surface area (Å²) >= 11 is 5.94. The van der Waals surface area contributed by atoms with Crippen molar-refractivity contribution in [2.75, 3.05) is 5.32 Å². The lowest BCUT2D eigenvalue weighted by molar-refractivity contribution is -0.149. The number of ether oxygens (including phenoxy) is 1. The van der Waals surface area contributed by atoms with Gasteiger partial charge in [-0.1, -0.05) is 53.6 Å². The first-order valence-electron chi connectivity index (χ1n) is 10.3. The first kappa shape index (κ1) is 21.0. The van der Waals surface area contributed by atoms with Gasteiger partial charge in [-0.3, -0.25) is 4.79 Å². The van der Waals surface area contributed by atoms with Gasteiger partial charge in [0.1, 0.15) is 6.07 Å². The maximum Gasteiger partial charge on any atom is 0.315 e. The minimum absolute atomic E-state index is 0.284. The molecule has 1 saturated carbocycles. The lowest BCUT2D eigenvalue weighted by atomic mass is 9.93. The van der Waals surface area contributed by atoms with Crippen LogP contribution in [0.4, 0.5) is 11.4 Å². The standard InChI is InChI=1S/C26H23ClN2O2/c1-17-4-2-6-20(14-17)25(18-8-9-18)26(30)31-24(16-28)19-5-3-7-23(15-19)29-22-12-10-21(27)11-13-22/h2-7,10-15,18,24-25,29H,8-9H2,1H3. The van der Waals surface area contributed by atoms with Crippen molar-refractivity contribution >= 4 is 28.9 Å². The third kappa shape index (κ3) is 5.25. The minimum Gasteiger partial charge on any atom is -0.441 e. The van der Waals surface area contributed by atoms with Gasteiger partial charge in [0.05, 0.1) is 5.92 Å². The van der Waals surface area contributed by atoms with E-state index in [1.165, 1.54) is 0 Å². The van der Waals surface area contributed by atoms with Gasteiger partial charge in [-0.15, -0.1) is 0 Å². The minimum atomic E-state index is -0.967. The summed E-state index contributed by atoms with van der Waals surface area (Å²) in [6.07, 6.45) is 1.04. The largest absolute Gasteiger partial charge is 0.441 e. The molecule has 3 aromatic carbocycles. The van der Waals surface area contributed by atoms with Crippen molar-refractivity contribution in [1.29, 1.82) is 5.26 Å². The highest BCUT2D eigenvalue weighted by molar-refractivity contribution is 6.30. The van der Waals surface area contributed by atoms with Crippen molar-refractivity contribution in [3.8, 4) is 6.07 Å². The zero-order valence-electron chi connectivity index (χ0n) is 17.2. The molecule has 0 radical (unpaired) electrons. The van der Waals surface area contributed by atoms with Crippen LogP contribution in [0.25, 0.3) is 0 Å². The number of hydrogen-bond donors (Lipinski definition) is 1. The summed E-state index contributed by atoms with van der Waals surface area (Å²) in [4.78, 5) is 13.1. The second kappa shape index (κ2) is 9.24. The topological polar surface area (TPSA) is 62.1 Å². The van der Waals surface area contributed by atoms with Crippen LogP contribution in [0.15, 0.2) is 72.8 Å². The van der Waals surface area contributed by atoms with Crippen LogP contribution in [0.3, 0.4) is 0 Å². The summed E-state index contributed by atoms with van der Waals surface area (Å²) in [5.41, 5.74) is 4.37. The van der Waals surface area contributed by atoms with Gasteiger partial charge >= 0.3 is 5.97 Å². The second-order valence-electron chi connectivity index (χ2n) is 7.93. The van der Waals surface area contributed by atoms with Crippen molar-refractivity contribution in [3.05, 3.63) is 94.5 Å². The summed E-state index contributed by atoms with van der Waals surface area (Å²) < 4.78 is 5.72. The summed E-state index contributed by atoms with van der Waals surface area (Å²) in [6, 6.07) is 24.8. The predicted molar refractivity (Wildman–Crippen MR) is 122 cm³/mol. The van der Waals surface area contributed by atoms with Gasteiger partial charge in [-0.2, -0.15) is 5.26 Å². The Kier molecular flexibility index (Phi) is 6.25. The van der Waals surface area contributed by atoms with Gasteiger partial charge < -0.3 is 10.1 Å². The number of benzene rings is 3. The molecule has 0 spiro atoms. The van der Waals surface area contributed by atoms with Gasteiger partial charge in [0.15, 0.2) is 0 Å². The quantitative estimate of drug-likeness (QED) is 0.424. The molecular formula is C26H23ClN2O2. The number of halogens is 1. The van der Waals surface area contributed by atoms with Gasteiger partial charge in [0.2, 0.25) is 6.10 Å². The molecule has 31 heavy (non-hydrogen) atoms. The molecular weight excluding hydrogens is 408 g/mol. The molecule has 0 heterocycles. The summed E-state index contributed by atoms with van der Waals surface area (Å²) in [6.45, 7) is 2.01. The zero-order valence-corrected chi connectivity index (χ0v) is 18.0. The lowest BCUT2D eigenvalue weighted by Gasteiger charge is -2.19. The van der Waals surface area contributed by atoms with E-state index in [2.05, 4.69) is 11.4 Å². The highest BCUT2D eigenvalue weighted by Gasteiger charge is 2.39. The highest BCUT2D eigenvalue weighted by Crippen LogP contribution is 2.44. The van der Waals surface area contributed by atoms with Gasteiger partial charge in [0.25, 0.3) is 0 Å². The summed E-state index contributed by atoms with van der Waals surface area (Å²) in [7, 11) is 0. The predicted octanol–water partition coefficient (Wildman–Crippen LogP) is 6.69. The monoisotopic (exact) mass is 430 g/mol. The number of carbonyl (C=O) groups is 1. The number of anilines is 2. The molecule has 5 heteroatoms. The average molecular weight is 431 g/mol. The molecule has 0 aromatic heterocycles. The van der Waals surface area contributed by atoms with E-state index in [9.17, 15) is 10.1 Å². The number of nitriles is 1. The number of nitrogens with one attached hydrogen (secondary N) is 1. The van der Waals surface area contributed by atoms with Crippen LogP contribution < -0.4 is 5.32 Å². The smallest absolute Gasteiger partial charge is 0.315 e. The Morgan fingerprint density at radius 1 is 1.03 bits per heavy atom. The number of hydrogen-bond acceptors (Lipinski definition) is 4. The van der Waals surface area contributed by atoms with E-state index >= 15 is 0 Å². The van der Waals surface area contributed by atoms with E-state index in [0.29, 0.717) is 10.6 Å². The average Bonchev–Trinajstić information content (AvgIpc) is 3.59.